The SMILES string of the molecule is CCCCCCCN1CN(C)c2ccccc21. The summed E-state index contributed by atoms with van der Waals surface area (Å²) in [5.41, 5.74) is 2.78. The van der Waals surface area contributed by atoms with Gasteiger partial charge in [0.05, 0.1) is 18.0 Å². The van der Waals surface area contributed by atoms with Gasteiger partial charge in [-0.2, -0.15) is 0 Å². The molecule has 0 aromatic heterocycles. The molecule has 0 spiro atoms. The lowest BCUT2D eigenvalue weighted by Crippen LogP contribution is -2.28. The molecule has 2 heteroatoms. The number of benzene rings is 1. The van der Waals surface area contributed by atoms with Crippen LogP contribution in [0.4, 0.5) is 11.4 Å². The van der Waals surface area contributed by atoms with E-state index >= 15 is 0 Å². The van der Waals surface area contributed by atoms with Crippen molar-refractivity contribution in [2.75, 3.05) is 30.1 Å². The van der Waals surface area contributed by atoms with E-state index in [4.69, 9.17) is 0 Å². The molecule has 1 aliphatic heterocycles. The number of fused-ring (bicyclic) bond motifs is 1. The molecule has 94 valence electrons. The van der Waals surface area contributed by atoms with Crippen LogP contribution < -0.4 is 9.80 Å². The van der Waals surface area contributed by atoms with Gasteiger partial charge in [0, 0.05) is 13.6 Å². The van der Waals surface area contributed by atoms with Gasteiger partial charge in [-0.05, 0) is 18.6 Å². The molecule has 0 bridgehead atoms. The molecular weight excluding hydrogens is 208 g/mol. The van der Waals surface area contributed by atoms with E-state index in [2.05, 4.69) is 48.0 Å². The zero-order valence-corrected chi connectivity index (χ0v) is 11.2. The van der Waals surface area contributed by atoms with Crippen molar-refractivity contribution >= 4 is 11.4 Å². The molecule has 0 fully saturated rings. The monoisotopic (exact) mass is 232 g/mol. The quantitative estimate of drug-likeness (QED) is 0.687. The topological polar surface area (TPSA) is 6.48 Å². The molecule has 1 aromatic rings. The Balaban J connectivity index is 1.83. The maximum atomic E-state index is 2.50. The molecule has 1 aromatic carbocycles. The first-order valence-electron chi connectivity index (χ1n) is 6.88. The number of hydrogen-bond acceptors (Lipinski definition) is 2. The Morgan fingerprint density at radius 1 is 1.00 bits per heavy atom. The highest BCUT2D eigenvalue weighted by Crippen LogP contribution is 2.34. The Hall–Kier alpha value is -1.18. The lowest BCUT2D eigenvalue weighted by atomic mass is 10.1. The summed E-state index contributed by atoms with van der Waals surface area (Å²) in [6.07, 6.45) is 6.80. The molecule has 0 saturated carbocycles. The number of unbranched alkanes of at least 4 members (excludes halogenated alkanes) is 4. The van der Waals surface area contributed by atoms with Crippen molar-refractivity contribution in [3.05, 3.63) is 24.3 Å². The van der Waals surface area contributed by atoms with E-state index in [1.165, 1.54) is 50.0 Å². The zero-order chi connectivity index (χ0) is 12.1. The van der Waals surface area contributed by atoms with Crippen molar-refractivity contribution in [3.63, 3.8) is 0 Å². The molecule has 0 saturated heterocycles. The zero-order valence-electron chi connectivity index (χ0n) is 11.2. The van der Waals surface area contributed by atoms with Crippen molar-refractivity contribution in [3.8, 4) is 0 Å². The Morgan fingerprint density at radius 3 is 2.47 bits per heavy atom. The van der Waals surface area contributed by atoms with Gasteiger partial charge in [-0.15, -0.1) is 0 Å². The van der Waals surface area contributed by atoms with E-state index in [9.17, 15) is 0 Å². The van der Waals surface area contributed by atoms with Gasteiger partial charge in [-0.25, -0.2) is 0 Å². The lowest BCUT2D eigenvalue weighted by Gasteiger charge is -2.19. The maximum Gasteiger partial charge on any atom is 0.0901 e. The molecule has 0 amide bonds. The molecule has 1 heterocycles. The first-order chi connectivity index (χ1) is 8.33. The van der Waals surface area contributed by atoms with Crippen molar-refractivity contribution in [1.29, 1.82) is 0 Å². The third-order valence-electron chi connectivity index (χ3n) is 3.55. The third-order valence-corrected chi connectivity index (χ3v) is 3.55. The van der Waals surface area contributed by atoms with Crippen LogP contribution >= 0.6 is 0 Å². The van der Waals surface area contributed by atoms with Crippen LogP contribution in [-0.4, -0.2) is 20.3 Å². The second kappa shape index (κ2) is 5.95. The first kappa shape index (κ1) is 12.3. The molecule has 0 atom stereocenters. The number of nitrogens with zero attached hydrogens (tertiary/aromatic N) is 2. The molecule has 17 heavy (non-hydrogen) atoms. The van der Waals surface area contributed by atoms with Crippen molar-refractivity contribution in [2.24, 2.45) is 0 Å². The van der Waals surface area contributed by atoms with Crippen molar-refractivity contribution in [1.82, 2.24) is 0 Å². The summed E-state index contributed by atoms with van der Waals surface area (Å²) in [4.78, 5) is 4.84. The standard InChI is InChI=1S/C15H24N2/c1-3-4-5-6-9-12-17-13-16(2)14-10-7-8-11-15(14)17/h7-8,10-11H,3-6,9,12-13H2,1-2H3. The van der Waals surface area contributed by atoms with Gasteiger partial charge < -0.3 is 9.80 Å². The van der Waals surface area contributed by atoms with Crippen molar-refractivity contribution in [2.45, 2.75) is 39.0 Å². The largest absolute Gasteiger partial charge is 0.355 e. The van der Waals surface area contributed by atoms with Crippen LogP contribution in [0, 0.1) is 0 Å². The number of para-hydroxylation sites is 2. The van der Waals surface area contributed by atoms with E-state index in [-0.39, 0.29) is 0 Å². The predicted octanol–water partition coefficient (Wildman–Crippen LogP) is 3.87. The molecule has 0 radical (unpaired) electrons. The fourth-order valence-electron chi connectivity index (χ4n) is 2.56. The molecule has 0 N–H and O–H groups in total. The Labute approximate surface area is 105 Å². The van der Waals surface area contributed by atoms with Crippen LogP contribution in [0.15, 0.2) is 24.3 Å². The van der Waals surface area contributed by atoms with E-state index in [1.807, 2.05) is 0 Å². The summed E-state index contributed by atoms with van der Waals surface area (Å²) in [5, 5.41) is 0. The minimum absolute atomic E-state index is 1.05. The van der Waals surface area contributed by atoms with E-state index in [1.54, 1.807) is 0 Å². The molecule has 0 unspecified atom stereocenters. The number of hydrogen-bond donors (Lipinski definition) is 0. The average Bonchev–Trinajstić information content (AvgIpc) is 2.67. The maximum absolute atomic E-state index is 2.50. The summed E-state index contributed by atoms with van der Waals surface area (Å²) in [6.45, 7) is 4.52. The molecule has 0 aliphatic carbocycles. The first-order valence-corrected chi connectivity index (χ1v) is 6.88. The third kappa shape index (κ3) is 2.93. The summed E-state index contributed by atoms with van der Waals surface area (Å²) in [7, 11) is 2.18. The van der Waals surface area contributed by atoms with Crippen LogP contribution in [0.5, 0.6) is 0 Å². The van der Waals surface area contributed by atoms with Crippen LogP contribution in [0.1, 0.15) is 39.0 Å². The van der Waals surface area contributed by atoms with Gasteiger partial charge in [-0.3, -0.25) is 0 Å². The van der Waals surface area contributed by atoms with Crippen LogP contribution in [0.25, 0.3) is 0 Å². The number of rotatable bonds is 6. The van der Waals surface area contributed by atoms with Crippen LogP contribution in [-0.2, 0) is 0 Å². The Morgan fingerprint density at radius 2 is 1.71 bits per heavy atom. The Kier molecular flexibility index (Phi) is 4.29. The number of anilines is 2. The van der Waals surface area contributed by atoms with Gasteiger partial charge in [0.15, 0.2) is 0 Å². The average molecular weight is 232 g/mol. The molecule has 2 rings (SSSR count). The predicted molar refractivity (Wildman–Crippen MR) is 75.8 cm³/mol. The molecule has 1 aliphatic rings. The van der Waals surface area contributed by atoms with E-state index in [0.29, 0.717) is 0 Å². The minimum atomic E-state index is 1.05. The van der Waals surface area contributed by atoms with E-state index in [0.717, 1.165) is 6.67 Å². The second-order valence-electron chi connectivity index (χ2n) is 5.01. The summed E-state index contributed by atoms with van der Waals surface area (Å²) >= 11 is 0. The van der Waals surface area contributed by atoms with Gasteiger partial charge in [0.2, 0.25) is 0 Å². The summed E-state index contributed by atoms with van der Waals surface area (Å²) in [6, 6.07) is 8.72. The lowest BCUT2D eigenvalue weighted by molar-refractivity contribution is 0.622. The smallest absolute Gasteiger partial charge is 0.0901 e. The van der Waals surface area contributed by atoms with Gasteiger partial charge in [-0.1, -0.05) is 44.7 Å². The fourth-order valence-corrected chi connectivity index (χ4v) is 2.56. The van der Waals surface area contributed by atoms with Crippen LogP contribution in [0.2, 0.25) is 0 Å². The van der Waals surface area contributed by atoms with Crippen LogP contribution in [0.3, 0.4) is 0 Å². The Bertz CT molecular complexity index is 349. The second-order valence-corrected chi connectivity index (χ2v) is 5.01. The normalized spacial score (nSPS) is 14.2. The fraction of sp³-hybridized carbons (Fsp3) is 0.600. The van der Waals surface area contributed by atoms with E-state index < -0.39 is 0 Å². The van der Waals surface area contributed by atoms with Gasteiger partial charge in [0.25, 0.3) is 0 Å². The van der Waals surface area contributed by atoms with Gasteiger partial charge >= 0.3 is 0 Å². The molecule has 2 nitrogen and oxygen atoms in total. The van der Waals surface area contributed by atoms with Crippen molar-refractivity contribution < 1.29 is 0 Å². The van der Waals surface area contributed by atoms with Gasteiger partial charge in [0.1, 0.15) is 0 Å². The highest BCUT2D eigenvalue weighted by molar-refractivity contribution is 5.75. The highest BCUT2D eigenvalue weighted by Gasteiger charge is 2.21. The summed E-state index contributed by atoms with van der Waals surface area (Å²) < 4.78 is 0. The highest BCUT2D eigenvalue weighted by atomic mass is 15.4. The molecular formula is C15H24N2. The minimum Gasteiger partial charge on any atom is -0.355 e. The summed E-state index contributed by atoms with van der Waals surface area (Å²) in [5.74, 6) is 0.